The van der Waals surface area contributed by atoms with Crippen molar-refractivity contribution in [3.63, 3.8) is 0 Å². The molecule has 0 spiro atoms. The van der Waals surface area contributed by atoms with Crippen molar-refractivity contribution >= 4 is 11.7 Å². The first-order valence-corrected chi connectivity index (χ1v) is 10.6. The van der Waals surface area contributed by atoms with E-state index in [1.807, 2.05) is 71.8 Å². The molecule has 0 bridgehead atoms. The van der Waals surface area contributed by atoms with Gasteiger partial charge < -0.3 is 14.2 Å². The van der Waals surface area contributed by atoms with E-state index in [0.717, 1.165) is 23.0 Å². The topological polar surface area (TPSA) is 64.4 Å². The third-order valence-electron chi connectivity index (χ3n) is 6.07. The molecule has 1 fully saturated rings. The first kappa shape index (κ1) is 20.8. The molecule has 3 aromatic rings. The number of nitrogens with zero attached hydrogens (tertiary/aromatic N) is 3. The summed E-state index contributed by atoms with van der Waals surface area (Å²) in [5.74, 6) is 1.65. The van der Waals surface area contributed by atoms with E-state index >= 15 is 0 Å². The van der Waals surface area contributed by atoms with Crippen LogP contribution in [-0.2, 0) is 0 Å². The Labute approximate surface area is 182 Å². The predicted molar refractivity (Wildman–Crippen MR) is 119 cm³/mol. The number of Topliss-reactive ketones (excluding diaryl/α,β-unsaturated/α-hetero) is 1. The van der Waals surface area contributed by atoms with Gasteiger partial charge in [0.25, 0.3) is 5.91 Å². The first-order chi connectivity index (χ1) is 15.0. The van der Waals surface area contributed by atoms with Gasteiger partial charge in [-0.25, -0.2) is 4.98 Å². The third kappa shape index (κ3) is 4.10. The van der Waals surface area contributed by atoms with Crippen molar-refractivity contribution in [2.45, 2.75) is 26.7 Å². The van der Waals surface area contributed by atoms with E-state index in [9.17, 15) is 9.59 Å². The van der Waals surface area contributed by atoms with Gasteiger partial charge in [0.05, 0.1) is 12.7 Å². The number of carbonyl (C=O) groups excluding carboxylic acids is 2. The van der Waals surface area contributed by atoms with Gasteiger partial charge in [-0.2, -0.15) is 0 Å². The highest BCUT2D eigenvalue weighted by molar-refractivity contribution is 5.99. The molecule has 1 aliphatic heterocycles. The number of aromatic nitrogens is 2. The van der Waals surface area contributed by atoms with Crippen LogP contribution in [0.3, 0.4) is 0 Å². The number of amides is 1. The highest BCUT2D eigenvalue weighted by Crippen LogP contribution is 2.26. The van der Waals surface area contributed by atoms with E-state index < -0.39 is 0 Å². The highest BCUT2D eigenvalue weighted by atomic mass is 16.5. The summed E-state index contributed by atoms with van der Waals surface area (Å²) in [5.41, 5.74) is 3.26. The van der Waals surface area contributed by atoms with Crippen molar-refractivity contribution < 1.29 is 14.3 Å². The van der Waals surface area contributed by atoms with Crippen molar-refractivity contribution in [2.24, 2.45) is 5.92 Å². The number of pyridine rings is 1. The van der Waals surface area contributed by atoms with Gasteiger partial charge in [-0.1, -0.05) is 6.07 Å². The zero-order valence-corrected chi connectivity index (χ0v) is 18.2. The maximum absolute atomic E-state index is 13.2. The molecule has 31 heavy (non-hydrogen) atoms. The standard InChI is InChI=1S/C25H27N3O3/c1-17-16-22(18(2)28(17)23-6-4-5-13-26-23)25(30)27-14-11-20(12-15-27)24(29)19-7-9-21(31-3)10-8-19/h4-10,13,16,20H,11-12,14-15H2,1-3H3. The number of ketones is 1. The average molecular weight is 418 g/mol. The van der Waals surface area contributed by atoms with E-state index in [-0.39, 0.29) is 17.6 Å². The highest BCUT2D eigenvalue weighted by Gasteiger charge is 2.30. The van der Waals surface area contributed by atoms with E-state index in [0.29, 0.717) is 37.1 Å². The summed E-state index contributed by atoms with van der Waals surface area (Å²) in [7, 11) is 1.61. The van der Waals surface area contributed by atoms with Crippen LogP contribution in [0.2, 0.25) is 0 Å². The summed E-state index contributed by atoms with van der Waals surface area (Å²) in [6, 6.07) is 14.9. The first-order valence-electron chi connectivity index (χ1n) is 10.6. The molecule has 4 rings (SSSR count). The second-order valence-electron chi connectivity index (χ2n) is 7.97. The molecule has 0 radical (unpaired) electrons. The lowest BCUT2D eigenvalue weighted by molar-refractivity contribution is 0.0649. The van der Waals surface area contributed by atoms with Gasteiger partial charge in [-0.3, -0.25) is 9.59 Å². The second-order valence-corrected chi connectivity index (χ2v) is 7.97. The van der Waals surface area contributed by atoms with Crippen molar-refractivity contribution in [3.8, 4) is 11.6 Å². The molecule has 1 aromatic carbocycles. The van der Waals surface area contributed by atoms with Crippen molar-refractivity contribution in [2.75, 3.05) is 20.2 Å². The van der Waals surface area contributed by atoms with Gasteiger partial charge in [-0.15, -0.1) is 0 Å². The minimum Gasteiger partial charge on any atom is -0.497 e. The third-order valence-corrected chi connectivity index (χ3v) is 6.07. The Morgan fingerprint density at radius 3 is 2.35 bits per heavy atom. The van der Waals surface area contributed by atoms with Crippen LogP contribution in [0.5, 0.6) is 5.75 Å². The maximum atomic E-state index is 13.2. The van der Waals surface area contributed by atoms with Crippen molar-refractivity contribution in [1.82, 2.24) is 14.5 Å². The Kier molecular flexibility index (Phi) is 5.89. The molecule has 3 heterocycles. The Bertz CT molecular complexity index is 1080. The number of benzene rings is 1. The van der Waals surface area contributed by atoms with Crippen LogP contribution in [0, 0.1) is 19.8 Å². The number of hydrogen-bond donors (Lipinski definition) is 0. The molecule has 0 N–H and O–H groups in total. The molecule has 160 valence electrons. The SMILES string of the molecule is COc1ccc(C(=O)C2CCN(C(=O)c3cc(C)n(-c4ccccn4)c3C)CC2)cc1. The number of aryl methyl sites for hydroxylation is 1. The smallest absolute Gasteiger partial charge is 0.255 e. The molecule has 1 saturated heterocycles. The molecule has 0 atom stereocenters. The molecule has 6 nitrogen and oxygen atoms in total. The minimum atomic E-state index is -0.0570. The molecular formula is C25H27N3O3. The monoisotopic (exact) mass is 417 g/mol. The number of rotatable bonds is 5. The Balaban J connectivity index is 1.44. The summed E-state index contributed by atoms with van der Waals surface area (Å²) >= 11 is 0. The lowest BCUT2D eigenvalue weighted by Gasteiger charge is -2.31. The summed E-state index contributed by atoms with van der Waals surface area (Å²) < 4.78 is 7.17. The molecule has 0 unspecified atom stereocenters. The van der Waals surface area contributed by atoms with Crippen LogP contribution in [0.25, 0.3) is 5.82 Å². The zero-order chi connectivity index (χ0) is 22.0. The van der Waals surface area contributed by atoms with E-state index in [2.05, 4.69) is 4.98 Å². The normalized spacial score (nSPS) is 14.5. The van der Waals surface area contributed by atoms with Gasteiger partial charge in [0.2, 0.25) is 0 Å². The Hall–Kier alpha value is -3.41. The minimum absolute atomic E-state index is 0.0191. The molecular weight excluding hydrogens is 390 g/mol. The van der Waals surface area contributed by atoms with Crippen LogP contribution in [-0.4, -0.2) is 46.3 Å². The summed E-state index contributed by atoms with van der Waals surface area (Å²) in [5, 5.41) is 0. The predicted octanol–water partition coefficient (Wildman–Crippen LogP) is 4.23. The molecule has 6 heteroatoms. The van der Waals surface area contributed by atoms with E-state index in [1.165, 1.54) is 0 Å². The van der Waals surface area contributed by atoms with Gasteiger partial charge in [0, 0.05) is 42.2 Å². The molecule has 2 aromatic heterocycles. The average Bonchev–Trinajstić information content (AvgIpc) is 3.12. The number of carbonyl (C=O) groups is 2. The van der Waals surface area contributed by atoms with Crippen LogP contribution in [0.4, 0.5) is 0 Å². The van der Waals surface area contributed by atoms with Gasteiger partial charge in [0.15, 0.2) is 5.78 Å². The lowest BCUT2D eigenvalue weighted by atomic mass is 9.88. The molecule has 1 amide bonds. The number of piperidine rings is 1. The summed E-state index contributed by atoms with van der Waals surface area (Å²) in [6.07, 6.45) is 3.10. The van der Waals surface area contributed by atoms with Crippen LogP contribution in [0.1, 0.15) is 44.9 Å². The molecule has 0 saturated carbocycles. The quantitative estimate of drug-likeness (QED) is 0.583. The molecule has 0 aliphatic carbocycles. The van der Waals surface area contributed by atoms with Crippen LogP contribution in [0.15, 0.2) is 54.7 Å². The van der Waals surface area contributed by atoms with E-state index in [1.54, 1.807) is 13.3 Å². The van der Waals surface area contributed by atoms with Crippen molar-refractivity contribution in [3.05, 3.63) is 77.2 Å². The second kappa shape index (κ2) is 8.76. The Morgan fingerprint density at radius 2 is 1.74 bits per heavy atom. The van der Waals surface area contributed by atoms with Gasteiger partial charge >= 0.3 is 0 Å². The molecule has 1 aliphatic rings. The lowest BCUT2D eigenvalue weighted by Crippen LogP contribution is -2.40. The largest absolute Gasteiger partial charge is 0.497 e. The van der Waals surface area contributed by atoms with Gasteiger partial charge in [0.1, 0.15) is 11.6 Å². The number of ether oxygens (including phenoxy) is 1. The Morgan fingerprint density at radius 1 is 1.03 bits per heavy atom. The van der Waals surface area contributed by atoms with Crippen LogP contribution < -0.4 is 4.74 Å². The van der Waals surface area contributed by atoms with Gasteiger partial charge in [-0.05, 0) is 69.2 Å². The van der Waals surface area contributed by atoms with Crippen LogP contribution >= 0.6 is 0 Å². The fourth-order valence-corrected chi connectivity index (χ4v) is 4.32. The summed E-state index contributed by atoms with van der Waals surface area (Å²) in [6.45, 7) is 5.10. The van der Waals surface area contributed by atoms with Crippen molar-refractivity contribution in [1.29, 1.82) is 0 Å². The van der Waals surface area contributed by atoms with E-state index in [4.69, 9.17) is 4.74 Å². The number of methoxy groups -OCH3 is 1. The number of hydrogen-bond acceptors (Lipinski definition) is 4. The number of likely N-dealkylation sites (tertiary alicyclic amines) is 1. The fraction of sp³-hybridized carbons (Fsp3) is 0.320. The summed E-state index contributed by atoms with van der Waals surface area (Å²) in [4.78, 5) is 32.4. The maximum Gasteiger partial charge on any atom is 0.255 e. The fourth-order valence-electron chi connectivity index (χ4n) is 4.32. The zero-order valence-electron chi connectivity index (χ0n) is 18.2.